The Hall–Kier alpha value is -2.54. The summed E-state index contributed by atoms with van der Waals surface area (Å²) in [7, 11) is 0. The van der Waals surface area contributed by atoms with E-state index < -0.39 is 0 Å². The Balaban J connectivity index is 2.98. The van der Waals surface area contributed by atoms with E-state index in [2.05, 4.69) is 37.5 Å². The lowest BCUT2D eigenvalue weighted by Crippen LogP contribution is -2.35. The van der Waals surface area contributed by atoms with Crippen molar-refractivity contribution >= 4 is 34.6 Å². The molecule has 2 rings (SSSR count). The van der Waals surface area contributed by atoms with Gasteiger partial charge in [-0.1, -0.05) is 27.7 Å². The zero-order valence-electron chi connectivity index (χ0n) is 23.7. The topological polar surface area (TPSA) is 145 Å². The molecular weight excluding hydrogens is 488 g/mol. The first-order chi connectivity index (χ1) is 18.5. The number of fused-ring (bicyclic) bond motifs is 1. The minimum atomic E-state index is -0.0955. The Morgan fingerprint density at radius 3 is 0.947 bits per heavy atom. The second-order valence-electron chi connectivity index (χ2n) is 9.23. The van der Waals surface area contributed by atoms with Gasteiger partial charge in [0, 0.05) is 52.4 Å². The third kappa shape index (κ3) is 8.23. The van der Waals surface area contributed by atoms with Crippen LogP contribution in [0.5, 0.6) is 0 Å². The van der Waals surface area contributed by atoms with Crippen LogP contribution in [-0.4, -0.2) is 119 Å². The fourth-order valence-corrected chi connectivity index (χ4v) is 4.52. The van der Waals surface area contributed by atoms with Crippen molar-refractivity contribution in [3.05, 3.63) is 0 Å². The molecule has 0 amide bonds. The summed E-state index contributed by atoms with van der Waals surface area (Å²) in [5, 5.41) is 38.8. The summed E-state index contributed by atoms with van der Waals surface area (Å²) >= 11 is 0. The van der Waals surface area contributed by atoms with E-state index in [1.54, 1.807) is 9.80 Å². The van der Waals surface area contributed by atoms with Crippen LogP contribution in [-0.2, 0) is 0 Å². The molecule has 0 aromatic carbocycles. The highest BCUT2D eigenvalue weighted by Gasteiger charge is 2.25. The van der Waals surface area contributed by atoms with Crippen molar-refractivity contribution in [3.63, 3.8) is 0 Å². The lowest BCUT2D eigenvalue weighted by molar-refractivity contribution is 0.279. The molecule has 0 aliphatic heterocycles. The Kier molecular flexibility index (Phi) is 14.3. The number of aliphatic hydroxyl groups excluding tert-OH is 4. The Labute approximate surface area is 227 Å². The van der Waals surface area contributed by atoms with Crippen molar-refractivity contribution in [2.45, 2.75) is 53.4 Å². The van der Waals surface area contributed by atoms with Crippen molar-refractivity contribution in [3.8, 4) is 0 Å². The van der Waals surface area contributed by atoms with Gasteiger partial charge >= 0.3 is 0 Å². The third-order valence-electron chi connectivity index (χ3n) is 6.10. The van der Waals surface area contributed by atoms with Gasteiger partial charge in [-0.3, -0.25) is 0 Å². The Morgan fingerprint density at radius 2 is 0.711 bits per heavy atom. The van der Waals surface area contributed by atoms with Gasteiger partial charge in [-0.15, -0.1) is 0 Å². The van der Waals surface area contributed by atoms with Gasteiger partial charge in [-0.2, -0.15) is 9.97 Å². The van der Waals surface area contributed by atoms with Crippen LogP contribution in [0.15, 0.2) is 0 Å². The maximum Gasteiger partial charge on any atom is 0.228 e. The lowest BCUT2D eigenvalue weighted by atomic mass is 10.2. The first kappa shape index (κ1) is 31.7. The standard InChI is InChI=1S/C26H48N8O4/c1-5-9-31(10-6-2)23-21-22(28-25(29-23)33(13-17-35)14-18-36)24(32(11-7-3)12-8-4)30-26(27-21)34(15-19-37)16-20-38/h35-38H,5-20H2,1-4H3. The third-order valence-corrected chi connectivity index (χ3v) is 6.10. The molecule has 0 aliphatic rings. The van der Waals surface area contributed by atoms with Gasteiger partial charge in [0.2, 0.25) is 11.9 Å². The Bertz CT molecular complexity index is 852. The lowest BCUT2D eigenvalue weighted by Gasteiger charge is -2.30. The summed E-state index contributed by atoms with van der Waals surface area (Å²) in [6.45, 7) is 12.4. The second-order valence-corrected chi connectivity index (χ2v) is 9.23. The SMILES string of the molecule is CCCN(CCC)c1nc(N(CCO)CCO)nc2c(N(CCC)CCC)nc(N(CCO)CCO)nc12. The molecule has 38 heavy (non-hydrogen) atoms. The highest BCUT2D eigenvalue weighted by molar-refractivity contribution is 5.95. The number of aromatic nitrogens is 4. The van der Waals surface area contributed by atoms with Crippen LogP contribution in [0.25, 0.3) is 11.0 Å². The molecule has 2 aromatic heterocycles. The molecule has 0 saturated heterocycles. The van der Waals surface area contributed by atoms with Crippen molar-refractivity contribution in [1.82, 2.24) is 19.9 Å². The van der Waals surface area contributed by atoms with Crippen LogP contribution < -0.4 is 19.6 Å². The first-order valence-electron chi connectivity index (χ1n) is 14.1. The summed E-state index contributed by atoms with van der Waals surface area (Å²) in [5.74, 6) is 2.20. The first-order valence-corrected chi connectivity index (χ1v) is 14.1. The molecule has 0 radical (unpaired) electrons. The fourth-order valence-electron chi connectivity index (χ4n) is 4.52. The van der Waals surface area contributed by atoms with Gasteiger partial charge in [0.15, 0.2) is 11.6 Å². The molecule has 12 nitrogen and oxygen atoms in total. The highest BCUT2D eigenvalue weighted by Crippen LogP contribution is 2.33. The molecule has 2 heterocycles. The predicted octanol–water partition coefficient (Wildman–Crippen LogP) is 1.25. The van der Waals surface area contributed by atoms with Crippen molar-refractivity contribution in [2.75, 3.05) is 98.4 Å². The van der Waals surface area contributed by atoms with Gasteiger partial charge in [-0.05, 0) is 25.7 Å². The minimum absolute atomic E-state index is 0.0955. The van der Waals surface area contributed by atoms with Crippen LogP contribution in [0.2, 0.25) is 0 Å². The van der Waals surface area contributed by atoms with Crippen LogP contribution in [0.4, 0.5) is 23.5 Å². The van der Waals surface area contributed by atoms with Crippen molar-refractivity contribution in [1.29, 1.82) is 0 Å². The fraction of sp³-hybridized carbons (Fsp3) is 0.769. The quantitative estimate of drug-likeness (QED) is 0.193. The van der Waals surface area contributed by atoms with E-state index in [4.69, 9.17) is 19.9 Å². The molecule has 2 aromatic rings. The van der Waals surface area contributed by atoms with Gasteiger partial charge in [0.25, 0.3) is 0 Å². The van der Waals surface area contributed by atoms with E-state index in [9.17, 15) is 20.4 Å². The van der Waals surface area contributed by atoms with Gasteiger partial charge in [-0.25, -0.2) is 9.97 Å². The van der Waals surface area contributed by atoms with E-state index in [1.807, 2.05) is 0 Å². The minimum Gasteiger partial charge on any atom is -0.395 e. The zero-order chi connectivity index (χ0) is 27.9. The van der Waals surface area contributed by atoms with E-state index in [-0.39, 0.29) is 52.6 Å². The van der Waals surface area contributed by atoms with Crippen LogP contribution in [0.1, 0.15) is 53.4 Å². The second kappa shape index (κ2) is 17.1. The summed E-state index contributed by atoms with van der Waals surface area (Å²) in [6, 6.07) is 0. The summed E-state index contributed by atoms with van der Waals surface area (Å²) in [4.78, 5) is 27.8. The van der Waals surface area contributed by atoms with Crippen LogP contribution >= 0.6 is 0 Å². The smallest absolute Gasteiger partial charge is 0.228 e. The monoisotopic (exact) mass is 536 g/mol. The maximum atomic E-state index is 9.70. The number of anilines is 4. The molecular formula is C26H48N8O4. The number of hydrogen-bond acceptors (Lipinski definition) is 12. The number of aliphatic hydroxyl groups is 4. The summed E-state index contributed by atoms with van der Waals surface area (Å²) in [5.41, 5.74) is 1.23. The maximum absolute atomic E-state index is 9.70. The van der Waals surface area contributed by atoms with Crippen molar-refractivity contribution < 1.29 is 20.4 Å². The van der Waals surface area contributed by atoms with Gasteiger partial charge in [0.05, 0.1) is 26.4 Å². The van der Waals surface area contributed by atoms with Crippen LogP contribution in [0.3, 0.4) is 0 Å². The van der Waals surface area contributed by atoms with Gasteiger partial charge in [0.1, 0.15) is 11.0 Å². The average molecular weight is 537 g/mol. The van der Waals surface area contributed by atoms with Crippen molar-refractivity contribution in [2.24, 2.45) is 0 Å². The molecule has 4 N–H and O–H groups in total. The molecule has 0 atom stereocenters. The number of hydrogen-bond donors (Lipinski definition) is 4. The highest BCUT2D eigenvalue weighted by atomic mass is 16.3. The van der Waals surface area contributed by atoms with E-state index in [0.29, 0.717) is 34.6 Å². The molecule has 0 fully saturated rings. The largest absolute Gasteiger partial charge is 0.395 e. The molecule has 0 bridgehead atoms. The van der Waals surface area contributed by atoms with Crippen LogP contribution in [0, 0.1) is 0 Å². The molecule has 0 saturated carbocycles. The summed E-state index contributed by atoms with van der Waals surface area (Å²) in [6.07, 6.45) is 3.67. The van der Waals surface area contributed by atoms with E-state index in [0.717, 1.165) is 51.9 Å². The van der Waals surface area contributed by atoms with Gasteiger partial charge < -0.3 is 40.0 Å². The van der Waals surface area contributed by atoms with E-state index >= 15 is 0 Å². The summed E-state index contributed by atoms with van der Waals surface area (Å²) < 4.78 is 0. The number of rotatable bonds is 20. The number of nitrogens with zero attached hydrogens (tertiary/aromatic N) is 8. The normalized spacial score (nSPS) is 11.3. The molecule has 0 spiro atoms. The molecule has 216 valence electrons. The Morgan fingerprint density at radius 1 is 0.421 bits per heavy atom. The molecule has 12 heteroatoms. The average Bonchev–Trinajstić information content (AvgIpc) is 2.91. The molecule has 0 aliphatic carbocycles. The molecule has 0 unspecified atom stereocenters. The van der Waals surface area contributed by atoms with E-state index in [1.165, 1.54) is 0 Å². The predicted molar refractivity (Wildman–Crippen MR) is 153 cm³/mol. The zero-order valence-corrected chi connectivity index (χ0v) is 23.7.